The Hall–Kier alpha value is -1.20. The van der Waals surface area contributed by atoms with E-state index in [9.17, 15) is 14.1 Å². The van der Waals surface area contributed by atoms with Crippen LogP contribution in [0.15, 0.2) is 5.29 Å². The number of carbonyl (C=O) groups is 1. The Morgan fingerprint density at radius 3 is 2.36 bits per heavy atom. The highest BCUT2D eigenvalue weighted by Crippen LogP contribution is 2.55. The molecule has 1 atom stereocenters. The van der Waals surface area contributed by atoms with Crippen molar-refractivity contribution in [1.82, 2.24) is 5.01 Å². The topological polar surface area (TPSA) is 70.0 Å². The zero-order chi connectivity index (χ0) is 10.4. The molecule has 78 valence electrons. The van der Waals surface area contributed by atoms with Gasteiger partial charge in [-0.1, -0.05) is 6.42 Å². The van der Waals surface area contributed by atoms with Crippen LogP contribution in [0.2, 0.25) is 0 Å². The van der Waals surface area contributed by atoms with Crippen LogP contribution in [0.25, 0.3) is 0 Å². The Bertz CT molecular complexity index is 292. The fraction of sp³-hybridized carbons (Fsp3) is 0.875. The summed E-state index contributed by atoms with van der Waals surface area (Å²) in [5.74, 6) is -1.47. The van der Waals surface area contributed by atoms with E-state index < -0.39 is 23.6 Å². The second-order valence-corrected chi connectivity index (χ2v) is 4.14. The lowest BCUT2D eigenvalue weighted by Gasteiger charge is -2.43. The molecule has 0 amide bonds. The number of aliphatic carboxylic acids is 1. The number of carboxylic acids is 1. The van der Waals surface area contributed by atoms with E-state index in [4.69, 9.17) is 5.11 Å². The number of nitroso groups, excluding NO2 is 1. The molecule has 2 fully saturated rings. The SMILES string of the molecule is O=NN1CC2(CCC2)C(F)(C(=O)O)C1. The molecule has 0 aromatic heterocycles. The van der Waals surface area contributed by atoms with Crippen LogP contribution in [0, 0.1) is 10.3 Å². The number of rotatable bonds is 2. The van der Waals surface area contributed by atoms with Crippen molar-refractivity contribution in [3.8, 4) is 0 Å². The van der Waals surface area contributed by atoms with Crippen LogP contribution in [-0.4, -0.2) is 34.8 Å². The number of halogens is 1. The average molecular weight is 202 g/mol. The van der Waals surface area contributed by atoms with Crippen LogP contribution in [0.4, 0.5) is 4.39 Å². The molecule has 0 radical (unpaired) electrons. The molecule has 1 heterocycles. The third kappa shape index (κ3) is 0.908. The standard InChI is InChI=1S/C8H11FN2O3/c9-8(6(12)13)5-11(10-14)4-7(8)2-1-3-7/h1-5H2,(H,12,13). The van der Waals surface area contributed by atoms with E-state index in [1.165, 1.54) is 0 Å². The third-order valence-electron chi connectivity index (χ3n) is 3.49. The largest absolute Gasteiger partial charge is 0.479 e. The second-order valence-electron chi connectivity index (χ2n) is 4.14. The van der Waals surface area contributed by atoms with Gasteiger partial charge >= 0.3 is 5.97 Å². The third-order valence-corrected chi connectivity index (χ3v) is 3.49. The molecule has 1 aliphatic heterocycles. The van der Waals surface area contributed by atoms with Gasteiger partial charge in [0.15, 0.2) is 0 Å². The molecule has 1 unspecified atom stereocenters. The van der Waals surface area contributed by atoms with Gasteiger partial charge in [-0.15, -0.1) is 4.91 Å². The summed E-state index contributed by atoms with van der Waals surface area (Å²) in [6.07, 6.45) is 1.88. The summed E-state index contributed by atoms with van der Waals surface area (Å²) in [5, 5.41) is 12.4. The zero-order valence-electron chi connectivity index (χ0n) is 7.57. The first-order chi connectivity index (χ1) is 6.54. The van der Waals surface area contributed by atoms with E-state index in [1.807, 2.05) is 0 Å². The first kappa shape index (κ1) is 9.36. The Morgan fingerprint density at radius 2 is 2.07 bits per heavy atom. The van der Waals surface area contributed by atoms with Crippen LogP contribution >= 0.6 is 0 Å². The lowest BCUT2D eigenvalue weighted by atomic mass is 9.61. The van der Waals surface area contributed by atoms with Gasteiger partial charge in [-0.25, -0.2) is 9.18 Å². The van der Waals surface area contributed by atoms with Gasteiger partial charge in [-0.05, 0) is 12.8 Å². The fourth-order valence-electron chi connectivity index (χ4n) is 2.46. The first-order valence-corrected chi connectivity index (χ1v) is 4.55. The minimum absolute atomic E-state index is 0.138. The summed E-state index contributed by atoms with van der Waals surface area (Å²) in [6.45, 7) is -0.273. The molecule has 0 aromatic rings. The lowest BCUT2D eigenvalue weighted by molar-refractivity contribution is -0.162. The van der Waals surface area contributed by atoms with Crippen LogP contribution < -0.4 is 0 Å². The summed E-state index contributed by atoms with van der Waals surface area (Å²) >= 11 is 0. The van der Waals surface area contributed by atoms with Gasteiger partial charge in [0.1, 0.15) is 0 Å². The van der Waals surface area contributed by atoms with Gasteiger partial charge in [0, 0.05) is 12.0 Å². The molecule has 14 heavy (non-hydrogen) atoms. The highest BCUT2D eigenvalue weighted by Gasteiger charge is 2.66. The quantitative estimate of drug-likeness (QED) is 0.676. The molecular formula is C8H11FN2O3. The van der Waals surface area contributed by atoms with Gasteiger partial charge in [0.25, 0.3) is 0 Å². The molecule has 1 spiro atoms. The van der Waals surface area contributed by atoms with Crippen LogP contribution in [0.5, 0.6) is 0 Å². The highest BCUT2D eigenvalue weighted by molar-refractivity contribution is 5.80. The number of hydrogen-bond donors (Lipinski definition) is 1. The van der Waals surface area contributed by atoms with E-state index in [2.05, 4.69) is 5.29 Å². The van der Waals surface area contributed by atoms with Gasteiger partial charge in [-0.2, -0.15) is 0 Å². The number of alkyl halides is 1. The van der Waals surface area contributed by atoms with Crippen molar-refractivity contribution in [2.45, 2.75) is 24.9 Å². The maximum atomic E-state index is 14.1. The Labute approximate surface area is 79.8 Å². The van der Waals surface area contributed by atoms with Crippen molar-refractivity contribution >= 4 is 5.97 Å². The van der Waals surface area contributed by atoms with Crippen molar-refractivity contribution in [3.05, 3.63) is 4.91 Å². The van der Waals surface area contributed by atoms with E-state index in [0.29, 0.717) is 12.8 Å². The van der Waals surface area contributed by atoms with Gasteiger partial charge < -0.3 is 5.11 Å². The molecule has 2 aliphatic rings. The molecule has 0 aromatic carbocycles. The molecule has 1 aliphatic carbocycles. The number of hydrogen-bond acceptors (Lipinski definition) is 3. The zero-order valence-corrected chi connectivity index (χ0v) is 7.57. The first-order valence-electron chi connectivity index (χ1n) is 4.55. The summed E-state index contributed by atoms with van der Waals surface area (Å²) < 4.78 is 14.1. The molecule has 1 saturated carbocycles. The molecule has 1 saturated heterocycles. The Kier molecular flexibility index (Phi) is 1.77. The number of carboxylic acid groups (broad SMARTS) is 1. The molecule has 2 rings (SSSR count). The monoisotopic (exact) mass is 202 g/mol. The summed E-state index contributed by atoms with van der Waals surface area (Å²) in [7, 11) is 0. The lowest BCUT2D eigenvalue weighted by Crippen LogP contribution is -2.53. The molecule has 6 heteroatoms. The molecule has 5 nitrogen and oxygen atoms in total. The van der Waals surface area contributed by atoms with Gasteiger partial charge in [0.05, 0.1) is 11.8 Å². The van der Waals surface area contributed by atoms with Gasteiger partial charge in [0.2, 0.25) is 5.67 Å². The Balaban J connectivity index is 2.30. The van der Waals surface area contributed by atoms with Crippen molar-refractivity contribution in [2.24, 2.45) is 10.7 Å². The second kappa shape index (κ2) is 2.65. The predicted octanol–water partition coefficient (Wildman–Crippen LogP) is 0.947. The smallest absolute Gasteiger partial charge is 0.344 e. The van der Waals surface area contributed by atoms with Crippen molar-refractivity contribution < 1.29 is 14.3 Å². The van der Waals surface area contributed by atoms with Crippen molar-refractivity contribution in [3.63, 3.8) is 0 Å². The maximum absolute atomic E-state index is 14.1. The average Bonchev–Trinajstić information content (AvgIpc) is 2.39. The van der Waals surface area contributed by atoms with E-state index in [0.717, 1.165) is 11.4 Å². The van der Waals surface area contributed by atoms with Crippen LogP contribution in [0.1, 0.15) is 19.3 Å². The van der Waals surface area contributed by atoms with Gasteiger partial charge in [-0.3, -0.25) is 5.01 Å². The molecular weight excluding hydrogens is 191 g/mol. The van der Waals surface area contributed by atoms with E-state index >= 15 is 0 Å². The maximum Gasteiger partial charge on any atom is 0.344 e. The van der Waals surface area contributed by atoms with Crippen LogP contribution in [0.3, 0.4) is 0 Å². The summed E-state index contributed by atoms with van der Waals surface area (Å²) in [4.78, 5) is 21.1. The summed E-state index contributed by atoms with van der Waals surface area (Å²) in [5.41, 5.74) is -3.16. The fourth-order valence-corrected chi connectivity index (χ4v) is 2.46. The minimum atomic E-state index is -2.29. The van der Waals surface area contributed by atoms with Crippen molar-refractivity contribution in [1.29, 1.82) is 0 Å². The van der Waals surface area contributed by atoms with E-state index in [1.54, 1.807) is 0 Å². The molecule has 1 N–H and O–H groups in total. The normalized spacial score (nSPS) is 34.2. The van der Waals surface area contributed by atoms with Crippen molar-refractivity contribution in [2.75, 3.05) is 13.1 Å². The summed E-state index contributed by atoms with van der Waals surface area (Å²) in [6, 6.07) is 0. The Morgan fingerprint density at radius 1 is 1.43 bits per heavy atom. The molecule has 0 bridgehead atoms. The van der Waals surface area contributed by atoms with E-state index in [-0.39, 0.29) is 6.54 Å². The highest BCUT2D eigenvalue weighted by atomic mass is 19.1. The number of nitrogens with zero attached hydrogens (tertiary/aromatic N) is 2. The predicted molar refractivity (Wildman–Crippen MR) is 45.1 cm³/mol. The van der Waals surface area contributed by atoms with Crippen LogP contribution in [-0.2, 0) is 4.79 Å². The minimum Gasteiger partial charge on any atom is -0.479 e.